The summed E-state index contributed by atoms with van der Waals surface area (Å²) in [6, 6.07) is 1.59. The summed E-state index contributed by atoms with van der Waals surface area (Å²) in [4.78, 5) is 0. The number of rotatable bonds is 27. The van der Waals surface area contributed by atoms with E-state index in [4.69, 9.17) is 35.4 Å². The molecular weight excluding hydrogens is 557 g/mol. The molecule has 0 amide bonds. The molecule has 0 saturated heterocycles. The zero-order valence-electron chi connectivity index (χ0n) is 25.7. The molecule has 0 aliphatic rings. The van der Waals surface area contributed by atoms with Gasteiger partial charge >= 0.3 is 26.2 Å². The van der Waals surface area contributed by atoms with Gasteiger partial charge in [0.2, 0.25) is 0 Å². The van der Waals surface area contributed by atoms with Gasteiger partial charge in [-0.3, -0.25) is 0 Å². The summed E-state index contributed by atoms with van der Waals surface area (Å²) in [6.07, 6.45) is 1.83. The van der Waals surface area contributed by atoms with Gasteiger partial charge in [0.1, 0.15) is 0 Å². The standard InChI is InChI=1S/C24H58N2O8Si4/c1-10-29-37(30-11-2,31-12-3)21-16-18-25-24(35-20-23-36(9,27-7)28-8)26-19-17-22-38(32-13-4,33-14-5)34-15-6/h20,23-26H,10-19,21-22,35H2,1-9H3. The number of hydrogen-bond donors (Lipinski definition) is 2. The van der Waals surface area contributed by atoms with Crippen molar-refractivity contribution >= 4 is 35.7 Å². The third kappa shape index (κ3) is 15.9. The first-order valence-electron chi connectivity index (χ1n) is 14.4. The van der Waals surface area contributed by atoms with Crippen LogP contribution in [0.3, 0.4) is 0 Å². The van der Waals surface area contributed by atoms with Crippen LogP contribution in [0.4, 0.5) is 0 Å². The van der Waals surface area contributed by atoms with Crippen LogP contribution in [0.25, 0.3) is 0 Å². The first kappa shape index (κ1) is 38.2. The highest BCUT2D eigenvalue weighted by Crippen LogP contribution is 2.19. The molecule has 10 nitrogen and oxygen atoms in total. The lowest BCUT2D eigenvalue weighted by molar-refractivity contribution is 0.0701. The summed E-state index contributed by atoms with van der Waals surface area (Å²) >= 11 is 0. The molecule has 0 aromatic carbocycles. The van der Waals surface area contributed by atoms with Crippen LogP contribution in [-0.4, -0.2) is 108 Å². The van der Waals surface area contributed by atoms with E-state index in [0.717, 1.165) is 38.0 Å². The van der Waals surface area contributed by atoms with Crippen molar-refractivity contribution in [3.05, 3.63) is 11.4 Å². The Bertz CT molecular complexity index is 524. The summed E-state index contributed by atoms with van der Waals surface area (Å²) < 4.78 is 47.3. The Labute approximate surface area is 238 Å². The van der Waals surface area contributed by atoms with E-state index in [9.17, 15) is 0 Å². The highest BCUT2D eigenvalue weighted by atomic mass is 28.4. The molecule has 14 heteroatoms. The van der Waals surface area contributed by atoms with Gasteiger partial charge in [-0.2, -0.15) is 0 Å². The van der Waals surface area contributed by atoms with Crippen molar-refractivity contribution in [2.24, 2.45) is 0 Å². The van der Waals surface area contributed by atoms with Crippen LogP contribution in [-0.2, 0) is 35.4 Å². The van der Waals surface area contributed by atoms with Crippen LogP contribution in [0.2, 0.25) is 18.6 Å². The molecule has 0 spiro atoms. The van der Waals surface area contributed by atoms with Crippen LogP contribution < -0.4 is 10.6 Å². The van der Waals surface area contributed by atoms with E-state index in [0.29, 0.717) is 39.6 Å². The normalized spacial score (nSPS) is 13.6. The summed E-state index contributed by atoms with van der Waals surface area (Å²) in [5.74, 6) is 0.225. The van der Waals surface area contributed by atoms with Gasteiger partial charge < -0.3 is 46.0 Å². The highest BCUT2D eigenvalue weighted by molar-refractivity contribution is 6.72. The Balaban J connectivity index is 5.14. The van der Waals surface area contributed by atoms with E-state index in [1.807, 2.05) is 48.1 Å². The van der Waals surface area contributed by atoms with Crippen molar-refractivity contribution in [1.29, 1.82) is 0 Å². The first-order chi connectivity index (χ1) is 18.3. The van der Waals surface area contributed by atoms with Gasteiger partial charge in [0, 0.05) is 71.7 Å². The number of nitrogens with one attached hydrogen (secondary N) is 2. The molecule has 38 heavy (non-hydrogen) atoms. The monoisotopic (exact) mass is 614 g/mol. The second-order valence-electron chi connectivity index (χ2n) is 8.69. The fourth-order valence-corrected chi connectivity index (χ4v) is 13.0. The van der Waals surface area contributed by atoms with Crippen molar-refractivity contribution in [3.8, 4) is 0 Å². The van der Waals surface area contributed by atoms with E-state index in [2.05, 4.69) is 22.0 Å². The Kier molecular flexibility index (Phi) is 23.0. The smallest absolute Gasteiger partial charge is 0.395 e. The van der Waals surface area contributed by atoms with Crippen LogP contribution in [0.5, 0.6) is 0 Å². The van der Waals surface area contributed by atoms with Crippen molar-refractivity contribution < 1.29 is 35.4 Å². The quantitative estimate of drug-likeness (QED) is 0.0817. The number of hydrogen-bond acceptors (Lipinski definition) is 10. The van der Waals surface area contributed by atoms with E-state index in [1.54, 1.807) is 14.2 Å². The van der Waals surface area contributed by atoms with Crippen LogP contribution in [0, 0.1) is 0 Å². The molecule has 0 aromatic heterocycles. The zero-order valence-corrected chi connectivity index (χ0v) is 30.1. The van der Waals surface area contributed by atoms with E-state index >= 15 is 0 Å². The maximum absolute atomic E-state index is 6.01. The maximum atomic E-state index is 6.01. The van der Waals surface area contributed by atoms with Gasteiger partial charge in [-0.15, -0.1) is 5.70 Å². The van der Waals surface area contributed by atoms with Crippen molar-refractivity contribution in [2.45, 2.75) is 78.8 Å². The minimum Gasteiger partial charge on any atom is -0.395 e. The van der Waals surface area contributed by atoms with Gasteiger partial charge in [-0.1, -0.05) is 5.70 Å². The fraction of sp³-hybridized carbons (Fsp3) is 0.917. The first-order valence-corrected chi connectivity index (χ1v) is 22.2. The molecule has 0 heterocycles. The average molecular weight is 615 g/mol. The van der Waals surface area contributed by atoms with Gasteiger partial charge in [0.15, 0.2) is 0 Å². The van der Waals surface area contributed by atoms with E-state index < -0.39 is 35.7 Å². The molecule has 0 atom stereocenters. The lowest BCUT2D eigenvalue weighted by Gasteiger charge is -2.29. The molecule has 0 aromatic rings. The Hall–Kier alpha value is 0.208. The summed E-state index contributed by atoms with van der Waals surface area (Å²) in [5.41, 5.74) is 4.42. The molecule has 0 aliphatic heterocycles. The van der Waals surface area contributed by atoms with Crippen molar-refractivity contribution in [3.63, 3.8) is 0 Å². The maximum Gasteiger partial charge on any atom is 0.500 e. The fourth-order valence-electron chi connectivity index (χ4n) is 4.04. The molecule has 228 valence electrons. The summed E-state index contributed by atoms with van der Waals surface area (Å²) in [5, 5.41) is 7.44. The van der Waals surface area contributed by atoms with Gasteiger partial charge in [0.25, 0.3) is 0 Å². The van der Waals surface area contributed by atoms with Crippen molar-refractivity contribution in [1.82, 2.24) is 10.6 Å². The third-order valence-electron chi connectivity index (χ3n) is 5.89. The third-order valence-corrected chi connectivity index (χ3v) is 16.7. The molecular formula is C24H58N2O8Si4. The molecule has 0 rings (SSSR count). The topological polar surface area (TPSA) is 97.9 Å². The molecule has 0 unspecified atom stereocenters. The molecule has 2 N–H and O–H groups in total. The second kappa shape index (κ2) is 22.8. The molecule has 0 fully saturated rings. The molecule has 0 radical (unpaired) electrons. The van der Waals surface area contributed by atoms with Crippen LogP contribution in [0.1, 0.15) is 54.4 Å². The Morgan fingerprint density at radius 3 is 1.26 bits per heavy atom. The van der Waals surface area contributed by atoms with Crippen LogP contribution >= 0.6 is 0 Å². The lowest BCUT2D eigenvalue weighted by Crippen LogP contribution is -2.50. The zero-order chi connectivity index (χ0) is 28.8. The summed E-state index contributed by atoms with van der Waals surface area (Å²) in [6.45, 7) is 19.3. The Morgan fingerprint density at radius 1 is 0.632 bits per heavy atom. The highest BCUT2D eigenvalue weighted by Gasteiger charge is 2.40. The van der Waals surface area contributed by atoms with Gasteiger partial charge in [0.05, 0.1) is 9.52 Å². The van der Waals surface area contributed by atoms with Crippen LogP contribution in [0.15, 0.2) is 11.4 Å². The van der Waals surface area contributed by atoms with E-state index in [1.165, 1.54) is 0 Å². The van der Waals surface area contributed by atoms with Gasteiger partial charge in [-0.05, 0) is 74.0 Å². The SMILES string of the molecule is CCO[Si](CCCNC(NCCC[Si](OCC)(OCC)OCC)[SiH2]C=C[Si](C)(OC)OC)(OCC)OCC. The second-order valence-corrected chi connectivity index (χ2v) is 19.1. The van der Waals surface area contributed by atoms with Crippen molar-refractivity contribution in [2.75, 3.05) is 67.0 Å². The molecule has 0 saturated carbocycles. The minimum atomic E-state index is -2.63. The lowest BCUT2D eigenvalue weighted by atomic mass is 10.4. The van der Waals surface area contributed by atoms with E-state index in [-0.39, 0.29) is 5.79 Å². The molecule has 0 aliphatic carbocycles. The minimum absolute atomic E-state index is 0.225. The largest absolute Gasteiger partial charge is 0.500 e. The average Bonchev–Trinajstić information content (AvgIpc) is 2.89. The molecule has 0 bridgehead atoms. The Morgan fingerprint density at radius 2 is 0.974 bits per heavy atom. The van der Waals surface area contributed by atoms with Gasteiger partial charge in [-0.25, -0.2) is 0 Å². The predicted octanol–water partition coefficient (Wildman–Crippen LogP) is 2.91. The predicted molar refractivity (Wildman–Crippen MR) is 163 cm³/mol. The summed E-state index contributed by atoms with van der Waals surface area (Å²) in [7, 11) is -4.72.